The van der Waals surface area contributed by atoms with E-state index in [1.165, 1.54) is 12.1 Å². The molecule has 0 aliphatic rings. The summed E-state index contributed by atoms with van der Waals surface area (Å²) >= 11 is 0. The molecule has 2 heterocycles. The monoisotopic (exact) mass is 325 g/mol. The highest BCUT2D eigenvalue weighted by atomic mass is 19.4. The summed E-state index contributed by atoms with van der Waals surface area (Å²) < 4.78 is 40.6. The lowest BCUT2D eigenvalue weighted by atomic mass is 10.2. The number of hydrogen-bond donors (Lipinski definition) is 1. The Morgan fingerprint density at radius 2 is 2.04 bits per heavy atom. The van der Waals surface area contributed by atoms with Crippen LogP contribution >= 0.6 is 0 Å². The average molecular weight is 325 g/mol. The Morgan fingerprint density at radius 1 is 1.26 bits per heavy atom. The summed E-state index contributed by atoms with van der Waals surface area (Å²) in [6, 6.07) is 7.59. The van der Waals surface area contributed by atoms with E-state index in [9.17, 15) is 18.0 Å². The van der Waals surface area contributed by atoms with Crippen molar-refractivity contribution in [3.63, 3.8) is 0 Å². The first-order chi connectivity index (χ1) is 10.8. The fourth-order valence-corrected chi connectivity index (χ4v) is 1.74. The molecule has 0 saturated carbocycles. The number of aromatic nitrogens is 2. The molecule has 0 aliphatic carbocycles. The van der Waals surface area contributed by atoms with E-state index in [1.807, 2.05) is 0 Å². The summed E-state index contributed by atoms with van der Waals surface area (Å²) in [5, 5.41) is 2.73. The molecule has 2 aromatic rings. The summed E-state index contributed by atoms with van der Waals surface area (Å²) in [6.07, 6.45) is -1.66. The Bertz CT molecular complexity index is 645. The summed E-state index contributed by atoms with van der Waals surface area (Å²) in [5.74, 6) is -0.602. The molecule has 2 aromatic heterocycles. The van der Waals surface area contributed by atoms with E-state index in [0.29, 0.717) is 5.69 Å². The van der Waals surface area contributed by atoms with Crippen molar-refractivity contribution in [1.29, 1.82) is 0 Å². The minimum atomic E-state index is -4.43. The van der Waals surface area contributed by atoms with Crippen LogP contribution in [-0.2, 0) is 0 Å². The van der Waals surface area contributed by atoms with Gasteiger partial charge in [0.15, 0.2) is 6.61 Å². The van der Waals surface area contributed by atoms with E-state index in [4.69, 9.17) is 0 Å². The first-order valence-electron chi connectivity index (χ1n) is 6.72. The maximum Gasteiger partial charge on any atom is 0.422 e. The smallest absolute Gasteiger partial charge is 0.422 e. The molecule has 1 N–H and O–H groups in total. The van der Waals surface area contributed by atoms with Crippen LogP contribution in [0.1, 0.15) is 29.0 Å². The van der Waals surface area contributed by atoms with E-state index in [0.717, 1.165) is 6.20 Å². The lowest BCUT2D eigenvalue weighted by Gasteiger charge is -2.13. The minimum absolute atomic E-state index is 0.198. The molecule has 0 unspecified atom stereocenters. The predicted octanol–water partition coefficient (Wildman–Crippen LogP) is 2.91. The van der Waals surface area contributed by atoms with Crippen molar-refractivity contribution < 1.29 is 22.7 Å². The number of rotatable bonds is 5. The van der Waals surface area contributed by atoms with Gasteiger partial charge in [0.05, 0.1) is 17.3 Å². The van der Waals surface area contributed by atoms with Gasteiger partial charge in [-0.15, -0.1) is 0 Å². The molecule has 23 heavy (non-hydrogen) atoms. The van der Waals surface area contributed by atoms with E-state index >= 15 is 0 Å². The highest BCUT2D eigenvalue weighted by molar-refractivity contribution is 5.94. The number of amides is 1. The Morgan fingerprint density at radius 3 is 2.61 bits per heavy atom. The molecule has 5 nitrogen and oxygen atoms in total. The van der Waals surface area contributed by atoms with Gasteiger partial charge in [-0.05, 0) is 25.1 Å². The second-order valence-corrected chi connectivity index (χ2v) is 4.74. The number of pyridine rings is 2. The van der Waals surface area contributed by atoms with Crippen LogP contribution in [0.4, 0.5) is 13.2 Å². The van der Waals surface area contributed by atoms with Crippen molar-refractivity contribution in [2.45, 2.75) is 19.1 Å². The number of alkyl halides is 3. The van der Waals surface area contributed by atoms with Crippen LogP contribution in [0.5, 0.6) is 5.88 Å². The van der Waals surface area contributed by atoms with Crippen LogP contribution in [0.15, 0.2) is 42.7 Å². The SMILES string of the molecule is C[C@H](NC(=O)c1ccc(OCC(F)(F)F)nc1)c1ccccn1. The number of halogens is 3. The van der Waals surface area contributed by atoms with E-state index in [2.05, 4.69) is 20.0 Å². The van der Waals surface area contributed by atoms with Crippen LogP contribution in [0.3, 0.4) is 0 Å². The normalized spacial score (nSPS) is 12.5. The van der Waals surface area contributed by atoms with Gasteiger partial charge in [0.2, 0.25) is 5.88 Å². The summed E-state index contributed by atoms with van der Waals surface area (Å²) in [6.45, 7) is 0.344. The van der Waals surface area contributed by atoms with E-state index < -0.39 is 18.7 Å². The third-order valence-electron chi connectivity index (χ3n) is 2.86. The molecule has 0 bridgehead atoms. The topological polar surface area (TPSA) is 64.1 Å². The quantitative estimate of drug-likeness (QED) is 0.918. The number of nitrogens with zero attached hydrogens (tertiary/aromatic N) is 2. The van der Waals surface area contributed by atoms with Gasteiger partial charge in [0, 0.05) is 18.5 Å². The highest BCUT2D eigenvalue weighted by Crippen LogP contribution is 2.17. The minimum Gasteiger partial charge on any atom is -0.468 e. The summed E-state index contributed by atoms with van der Waals surface area (Å²) in [4.78, 5) is 19.9. The molecule has 0 aromatic carbocycles. The molecule has 8 heteroatoms. The van der Waals surface area contributed by atoms with Crippen molar-refractivity contribution in [2.75, 3.05) is 6.61 Å². The molecule has 122 valence electrons. The molecule has 0 spiro atoms. The number of carbonyl (C=O) groups is 1. The van der Waals surface area contributed by atoms with Crippen LogP contribution in [-0.4, -0.2) is 28.7 Å². The van der Waals surface area contributed by atoms with Crippen molar-refractivity contribution >= 4 is 5.91 Å². The van der Waals surface area contributed by atoms with Gasteiger partial charge in [-0.3, -0.25) is 9.78 Å². The van der Waals surface area contributed by atoms with Gasteiger partial charge >= 0.3 is 6.18 Å². The van der Waals surface area contributed by atoms with Crippen molar-refractivity contribution in [2.24, 2.45) is 0 Å². The molecule has 1 amide bonds. The zero-order valence-corrected chi connectivity index (χ0v) is 12.2. The Labute approximate surface area is 130 Å². The Balaban J connectivity index is 1.95. The molecular formula is C15H14F3N3O2. The highest BCUT2D eigenvalue weighted by Gasteiger charge is 2.28. The van der Waals surface area contributed by atoms with Crippen LogP contribution in [0.25, 0.3) is 0 Å². The lowest BCUT2D eigenvalue weighted by molar-refractivity contribution is -0.154. The molecule has 0 aliphatic heterocycles. The fourth-order valence-electron chi connectivity index (χ4n) is 1.74. The van der Waals surface area contributed by atoms with Gasteiger partial charge in [-0.25, -0.2) is 4.98 Å². The zero-order valence-electron chi connectivity index (χ0n) is 12.2. The van der Waals surface area contributed by atoms with E-state index in [1.54, 1.807) is 31.3 Å². The third-order valence-corrected chi connectivity index (χ3v) is 2.86. The average Bonchev–Trinajstić information content (AvgIpc) is 2.53. The summed E-state index contributed by atoms with van der Waals surface area (Å²) in [5.41, 5.74) is 0.908. The fraction of sp³-hybridized carbons (Fsp3) is 0.267. The maximum atomic E-state index is 12.1. The number of ether oxygens (including phenoxy) is 1. The molecule has 1 atom stereocenters. The van der Waals surface area contributed by atoms with Crippen molar-refractivity contribution in [1.82, 2.24) is 15.3 Å². The molecule has 0 radical (unpaired) electrons. The van der Waals surface area contributed by atoms with Crippen LogP contribution in [0, 0.1) is 0 Å². The first kappa shape index (κ1) is 16.7. The van der Waals surface area contributed by atoms with Crippen LogP contribution in [0.2, 0.25) is 0 Å². The first-order valence-corrected chi connectivity index (χ1v) is 6.72. The molecule has 0 saturated heterocycles. The summed E-state index contributed by atoms with van der Waals surface area (Å²) in [7, 11) is 0. The van der Waals surface area contributed by atoms with Gasteiger partial charge in [-0.2, -0.15) is 13.2 Å². The van der Waals surface area contributed by atoms with Gasteiger partial charge < -0.3 is 10.1 Å². The zero-order chi connectivity index (χ0) is 16.9. The third kappa shape index (κ3) is 5.24. The number of hydrogen-bond acceptors (Lipinski definition) is 4. The van der Waals surface area contributed by atoms with Crippen molar-refractivity contribution in [3.8, 4) is 5.88 Å². The molecule has 2 rings (SSSR count). The van der Waals surface area contributed by atoms with Crippen LogP contribution < -0.4 is 10.1 Å². The standard InChI is InChI=1S/C15H14F3N3O2/c1-10(12-4-2-3-7-19-12)21-14(22)11-5-6-13(20-8-11)23-9-15(16,17)18/h2-8,10H,9H2,1H3,(H,21,22)/t10-/m0/s1. The maximum absolute atomic E-state index is 12.1. The Hall–Kier alpha value is -2.64. The van der Waals surface area contributed by atoms with Gasteiger partial charge in [-0.1, -0.05) is 6.07 Å². The van der Waals surface area contributed by atoms with Crippen molar-refractivity contribution in [3.05, 3.63) is 54.0 Å². The predicted molar refractivity (Wildman–Crippen MR) is 75.9 cm³/mol. The molecule has 0 fully saturated rings. The Kier molecular flexibility index (Phi) is 5.15. The number of nitrogens with one attached hydrogen (secondary N) is 1. The van der Waals surface area contributed by atoms with Gasteiger partial charge in [0.1, 0.15) is 0 Å². The largest absolute Gasteiger partial charge is 0.468 e. The molecular weight excluding hydrogens is 311 g/mol. The van der Waals surface area contributed by atoms with Gasteiger partial charge in [0.25, 0.3) is 5.91 Å². The van der Waals surface area contributed by atoms with E-state index in [-0.39, 0.29) is 17.5 Å². The second kappa shape index (κ2) is 7.08. The number of carbonyl (C=O) groups excluding carboxylic acids is 1. The second-order valence-electron chi connectivity index (χ2n) is 4.74. The lowest BCUT2D eigenvalue weighted by Crippen LogP contribution is -2.27.